The lowest BCUT2D eigenvalue weighted by molar-refractivity contribution is -0.119. The van der Waals surface area contributed by atoms with Gasteiger partial charge in [-0.2, -0.15) is 12.6 Å². The van der Waals surface area contributed by atoms with E-state index in [1.54, 1.807) is 0 Å². The molecule has 0 aliphatic carbocycles. The van der Waals surface area contributed by atoms with Crippen LogP contribution in [-0.4, -0.2) is 38.5 Å². The molecule has 1 heterocycles. The zero-order valence-electron chi connectivity index (χ0n) is 8.75. The van der Waals surface area contributed by atoms with Gasteiger partial charge in [-0.05, 0) is 6.92 Å². The Labute approximate surface area is 98.1 Å². The first-order valence-electron chi connectivity index (χ1n) is 4.69. The van der Waals surface area contributed by atoms with Crippen molar-refractivity contribution >= 4 is 24.6 Å². The summed E-state index contributed by atoms with van der Waals surface area (Å²) in [7, 11) is 0. The monoisotopic (exact) mass is 243 g/mol. The van der Waals surface area contributed by atoms with Gasteiger partial charge in [0.1, 0.15) is 6.33 Å². The molecule has 1 atom stereocenters. The fourth-order valence-electron chi connectivity index (χ4n) is 1.26. The second-order valence-electron chi connectivity index (χ2n) is 3.39. The molecule has 0 fully saturated rings. The highest BCUT2D eigenvalue weighted by molar-refractivity contribution is 7.81. The van der Waals surface area contributed by atoms with E-state index in [9.17, 15) is 9.59 Å². The molecule has 0 radical (unpaired) electrons. The van der Waals surface area contributed by atoms with E-state index in [1.807, 2.05) is 6.92 Å². The van der Waals surface area contributed by atoms with E-state index in [-0.39, 0.29) is 17.7 Å². The van der Waals surface area contributed by atoms with Crippen LogP contribution in [0.2, 0.25) is 0 Å². The van der Waals surface area contributed by atoms with Gasteiger partial charge in [0, 0.05) is 18.7 Å². The number of hydrogen-bond acceptors (Lipinski definition) is 4. The average molecular weight is 243 g/mol. The molecule has 7 heteroatoms. The smallest absolute Gasteiger partial charge is 0.416 e. The van der Waals surface area contributed by atoms with Crippen LogP contribution in [-0.2, 0) is 11.2 Å². The second kappa shape index (κ2) is 5.55. The van der Waals surface area contributed by atoms with E-state index in [0.717, 1.165) is 4.57 Å². The van der Waals surface area contributed by atoms with Crippen LogP contribution in [0.15, 0.2) is 12.5 Å². The number of carbonyl (C=O) groups excluding carboxylic acids is 1. The normalized spacial score (nSPS) is 12.1. The highest BCUT2D eigenvalue weighted by Gasteiger charge is 2.10. The zero-order valence-corrected chi connectivity index (χ0v) is 9.65. The van der Waals surface area contributed by atoms with Crippen LogP contribution in [0.1, 0.15) is 12.6 Å². The van der Waals surface area contributed by atoms with Crippen LogP contribution >= 0.6 is 12.6 Å². The van der Waals surface area contributed by atoms with E-state index in [4.69, 9.17) is 5.11 Å². The Morgan fingerprint density at radius 1 is 1.69 bits per heavy atom. The lowest BCUT2D eigenvalue weighted by atomic mass is 10.2. The lowest BCUT2D eigenvalue weighted by Gasteiger charge is -2.10. The maximum atomic E-state index is 11.0. The van der Waals surface area contributed by atoms with Crippen LogP contribution in [0.5, 0.6) is 0 Å². The molecule has 1 rings (SSSR count). The lowest BCUT2D eigenvalue weighted by Crippen LogP contribution is -2.34. The molecule has 6 nitrogen and oxygen atoms in total. The third kappa shape index (κ3) is 3.58. The minimum atomic E-state index is -1.08. The summed E-state index contributed by atoms with van der Waals surface area (Å²) in [6, 6.07) is -0.100. The Morgan fingerprint density at radius 3 is 2.88 bits per heavy atom. The van der Waals surface area contributed by atoms with Gasteiger partial charge >= 0.3 is 6.09 Å². The van der Waals surface area contributed by atoms with Crippen LogP contribution in [0.4, 0.5) is 4.79 Å². The Balaban J connectivity index is 2.52. The first-order valence-corrected chi connectivity index (χ1v) is 5.32. The number of nitrogens with zero attached hydrogens (tertiary/aromatic N) is 2. The van der Waals surface area contributed by atoms with Crippen LogP contribution in [0, 0.1) is 0 Å². The number of thiol groups is 1. The summed E-state index contributed by atoms with van der Waals surface area (Å²) >= 11 is 3.84. The number of nitrogens with one attached hydrogen (secondary N) is 1. The summed E-state index contributed by atoms with van der Waals surface area (Å²) in [5, 5.41) is 11.4. The summed E-state index contributed by atoms with van der Waals surface area (Å²) in [5.74, 6) is -0.0260. The molecular weight excluding hydrogens is 230 g/mol. The molecule has 0 aromatic carbocycles. The molecule has 0 saturated heterocycles. The molecular formula is C9H13N3O3S. The van der Waals surface area contributed by atoms with Crippen molar-refractivity contribution in [3.63, 3.8) is 0 Å². The van der Waals surface area contributed by atoms with Crippen molar-refractivity contribution in [1.82, 2.24) is 14.9 Å². The van der Waals surface area contributed by atoms with Gasteiger partial charge in [-0.3, -0.25) is 4.79 Å². The fourth-order valence-corrected chi connectivity index (χ4v) is 1.35. The van der Waals surface area contributed by atoms with E-state index in [0.29, 0.717) is 12.1 Å². The van der Waals surface area contributed by atoms with Crippen LogP contribution in [0.3, 0.4) is 0 Å². The molecule has 0 unspecified atom stereocenters. The minimum absolute atomic E-state index is 0.100. The molecule has 88 valence electrons. The van der Waals surface area contributed by atoms with Gasteiger partial charge in [0.25, 0.3) is 0 Å². The number of carbonyl (C=O) groups is 2. The van der Waals surface area contributed by atoms with Gasteiger partial charge < -0.3 is 10.4 Å². The number of amides is 1. The SMILES string of the molecule is C[C@H](Cc1cn(C(=O)O)cn1)NC(=O)CS. The van der Waals surface area contributed by atoms with Crippen molar-refractivity contribution in [3.8, 4) is 0 Å². The molecule has 1 aromatic heterocycles. The van der Waals surface area contributed by atoms with Crippen molar-refractivity contribution in [3.05, 3.63) is 18.2 Å². The summed E-state index contributed by atoms with van der Waals surface area (Å²) < 4.78 is 0.975. The number of hydrogen-bond donors (Lipinski definition) is 3. The summed E-state index contributed by atoms with van der Waals surface area (Å²) in [6.45, 7) is 1.82. The van der Waals surface area contributed by atoms with Gasteiger partial charge in [-0.1, -0.05) is 0 Å². The van der Waals surface area contributed by atoms with Gasteiger partial charge in [-0.25, -0.2) is 14.3 Å². The quantitative estimate of drug-likeness (QED) is 0.668. The molecule has 0 aliphatic heterocycles. The first-order chi connectivity index (χ1) is 7.52. The molecule has 1 aromatic rings. The number of carboxylic acid groups (broad SMARTS) is 1. The molecule has 0 spiro atoms. The average Bonchev–Trinajstić information content (AvgIpc) is 2.65. The minimum Gasteiger partial charge on any atom is -0.464 e. The van der Waals surface area contributed by atoms with Crippen molar-refractivity contribution in [1.29, 1.82) is 0 Å². The van der Waals surface area contributed by atoms with Crippen LogP contribution in [0.25, 0.3) is 0 Å². The van der Waals surface area contributed by atoms with E-state index in [1.165, 1.54) is 12.5 Å². The Bertz CT molecular complexity index is 391. The largest absolute Gasteiger partial charge is 0.464 e. The van der Waals surface area contributed by atoms with Crippen molar-refractivity contribution in [2.45, 2.75) is 19.4 Å². The predicted octanol–water partition coefficient (Wildman–Crippen LogP) is 0.386. The van der Waals surface area contributed by atoms with Crippen molar-refractivity contribution in [2.24, 2.45) is 0 Å². The first kappa shape index (κ1) is 12.6. The number of rotatable bonds is 4. The van der Waals surface area contributed by atoms with E-state index < -0.39 is 6.09 Å². The standard InChI is InChI=1S/C9H13N3O3S/c1-6(11-8(13)4-16)2-7-3-12(5-10-7)9(14)15/h3,5-6,16H,2,4H2,1H3,(H,11,13)(H,14,15)/t6-/m1/s1. The highest BCUT2D eigenvalue weighted by atomic mass is 32.1. The predicted molar refractivity (Wildman–Crippen MR) is 60.8 cm³/mol. The molecule has 0 saturated carbocycles. The summed E-state index contributed by atoms with van der Waals surface area (Å²) in [4.78, 5) is 25.5. The van der Waals surface area contributed by atoms with Gasteiger partial charge in [0.15, 0.2) is 0 Å². The van der Waals surface area contributed by atoms with Gasteiger partial charge in [0.2, 0.25) is 5.91 Å². The zero-order chi connectivity index (χ0) is 12.1. The fraction of sp³-hybridized carbons (Fsp3) is 0.444. The molecule has 0 bridgehead atoms. The third-order valence-electron chi connectivity index (χ3n) is 1.92. The molecule has 1 amide bonds. The summed E-state index contributed by atoms with van der Waals surface area (Å²) in [5.41, 5.74) is 0.620. The third-order valence-corrected chi connectivity index (χ3v) is 2.21. The van der Waals surface area contributed by atoms with Gasteiger partial charge in [0.05, 0.1) is 11.4 Å². The van der Waals surface area contributed by atoms with E-state index >= 15 is 0 Å². The molecule has 16 heavy (non-hydrogen) atoms. The van der Waals surface area contributed by atoms with Crippen LogP contribution < -0.4 is 5.32 Å². The molecule has 0 aliphatic rings. The Morgan fingerprint density at radius 2 is 2.38 bits per heavy atom. The highest BCUT2D eigenvalue weighted by Crippen LogP contribution is 2.00. The Kier molecular flexibility index (Phi) is 4.36. The Hall–Kier alpha value is -1.50. The number of imidazole rings is 1. The topological polar surface area (TPSA) is 84.2 Å². The number of aromatic nitrogens is 2. The maximum Gasteiger partial charge on any atom is 0.416 e. The maximum absolute atomic E-state index is 11.0. The molecule has 2 N–H and O–H groups in total. The van der Waals surface area contributed by atoms with Crippen molar-refractivity contribution < 1.29 is 14.7 Å². The summed E-state index contributed by atoms with van der Waals surface area (Å²) in [6.07, 6.45) is 2.06. The van der Waals surface area contributed by atoms with Crippen molar-refractivity contribution in [2.75, 3.05) is 5.75 Å². The van der Waals surface area contributed by atoms with E-state index in [2.05, 4.69) is 22.9 Å². The van der Waals surface area contributed by atoms with Gasteiger partial charge in [-0.15, -0.1) is 0 Å². The second-order valence-corrected chi connectivity index (χ2v) is 3.70.